The molecule has 2 rings (SSSR count). The van der Waals surface area contributed by atoms with E-state index in [1.807, 2.05) is 0 Å². The lowest BCUT2D eigenvalue weighted by atomic mass is 10.2. The number of aromatic nitrogens is 2. The summed E-state index contributed by atoms with van der Waals surface area (Å²) in [4.78, 5) is 22.1. The Morgan fingerprint density at radius 2 is 1.90 bits per heavy atom. The SMILES string of the molecule is O=C(O)CCCC(=O)Nc1c(Cl)cc(Cl)c2nsnc12. The zero-order valence-corrected chi connectivity index (χ0v) is 12.3. The Morgan fingerprint density at radius 1 is 1.20 bits per heavy atom. The molecule has 1 aromatic carbocycles. The van der Waals surface area contributed by atoms with Gasteiger partial charge < -0.3 is 10.4 Å². The van der Waals surface area contributed by atoms with Gasteiger partial charge in [-0.25, -0.2) is 0 Å². The van der Waals surface area contributed by atoms with Crippen LogP contribution in [0.1, 0.15) is 19.3 Å². The summed E-state index contributed by atoms with van der Waals surface area (Å²) < 4.78 is 8.08. The summed E-state index contributed by atoms with van der Waals surface area (Å²) in [5, 5.41) is 11.8. The third kappa shape index (κ3) is 3.36. The number of carbonyl (C=O) groups excluding carboxylic acids is 1. The van der Waals surface area contributed by atoms with Gasteiger partial charge in [-0.15, -0.1) is 0 Å². The van der Waals surface area contributed by atoms with Crippen LogP contribution in [0.3, 0.4) is 0 Å². The zero-order valence-electron chi connectivity index (χ0n) is 10.0. The van der Waals surface area contributed by atoms with E-state index in [-0.39, 0.29) is 30.2 Å². The highest BCUT2D eigenvalue weighted by Gasteiger charge is 2.16. The second-order valence-corrected chi connectivity index (χ2v) is 5.31. The Hall–Kier alpha value is -1.44. The van der Waals surface area contributed by atoms with E-state index in [0.29, 0.717) is 21.7 Å². The molecule has 9 heteroatoms. The van der Waals surface area contributed by atoms with Crippen LogP contribution in [0.5, 0.6) is 0 Å². The second-order valence-electron chi connectivity index (χ2n) is 3.97. The molecular formula is C11H9Cl2N3O3S. The molecule has 6 nitrogen and oxygen atoms in total. The van der Waals surface area contributed by atoms with Crippen molar-refractivity contribution in [3.05, 3.63) is 16.1 Å². The summed E-state index contributed by atoms with van der Waals surface area (Å²) in [6.45, 7) is 0. The second kappa shape index (κ2) is 6.34. The third-order valence-electron chi connectivity index (χ3n) is 2.50. The van der Waals surface area contributed by atoms with Crippen LogP contribution in [0.15, 0.2) is 6.07 Å². The first-order chi connectivity index (χ1) is 9.49. The van der Waals surface area contributed by atoms with E-state index in [4.69, 9.17) is 28.3 Å². The smallest absolute Gasteiger partial charge is 0.303 e. The first-order valence-corrected chi connectivity index (χ1v) is 7.09. The first-order valence-electron chi connectivity index (χ1n) is 5.61. The van der Waals surface area contributed by atoms with Gasteiger partial charge in [-0.05, 0) is 12.5 Å². The number of anilines is 1. The number of carboxylic acid groups (broad SMARTS) is 1. The van der Waals surface area contributed by atoms with Crippen molar-refractivity contribution in [2.75, 3.05) is 5.32 Å². The molecule has 2 N–H and O–H groups in total. The van der Waals surface area contributed by atoms with Gasteiger partial charge in [-0.2, -0.15) is 8.75 Å². The number of halogens is 2. The van der Waals surface area contributed by atoms with Crippen molar-refractivity contribution in [3.8, 4) is 0 Å². The molecule has 0 spiro atoms. The molecule has 2 aromatic rings. The number of nitrogens with one attached hydrogen (secondary N) is 1. The zero-order chi connectivity index (χ0) is 14.7. The molecule has 0 unspecified atom stereocenters. The summed E-state index contributed by atoms with van der Waals surface area (Å²) in [7, 11) is 0. The Balaban J connectivity index is 2.15. The molecular weight excluding hydrogens is 325 g/mol. The van der Waals surface area contributed by atoms with Gasteiger partial charge in [0.05, 0.1) is 27.5 Å². The first kappa shape index (κ1) is 15.0. The molecule has 1 aromatic heterocycles. The van der Waals surface area contributed by atoms with Gasteiger partial charge in [0.25, 0.3) is 0 Å². The monoisotopic (exact) mass is 333 g/mol. The van der Waals surface area contributed by atoms with E-state index in [0.717, 1.165) is 11.7 Å². The van der Waals surface area contributed by atoms with Crippen molar-refractivity contribution in [1.82, 2.24) is 8.75 Å². The number of fused-ring (bicyclic) bond motifs is 1. The van der Waals surface area contributed by atoms with Gasteiger partial charge in [-0.1, -0.05) is 23.2 Å². The van der Waals surface area contributed by atoms with Crippen LogP contribution >= 0.6 is 34.9 Å². The van der Waals surface area contributed by atoms with Crippen LogP contribution in [0.25, 0.3) is 11.0 Å². The minimum atomic E-state index is -0.937. The molecule has 0 aliphatic carbocycles. The lowest BCUT2D eigenvalue weighted by Crippen LogP contribution is -2.12. The maximum atomic E-state index is 11.8. The number of aliphatic carboxylic acids is 1. The Kier molecular flexibility index (Phi) is 4.74. The fourth-order valence-electron chi connectivity index (χ4n) is 1.60. The number of carboxylic acids is 1. The van der Waals surface area contributed by atoms with Crippen molar-refractivity contribution in [2.45, 2.75) is 19.3 Å². The van der Waals surface area contributed by atoms with Crippen molar-refractivity contribution in [3.63, 3.8) is 0 Å². The number of hydrogen-bond donors (Lipinski definition) is 2. The molecule has 0 aliphatic heterocycles. The molecule has 0 saturated heterocycles. The highest BCUT2D eigenvalue weighted by atomic mass is 35.5. The number of carbonyl (C=O) groups is 2. The minimum absolute atomic E-state index is 0.0601. The lowest BCUT2D eigenvalue weighted by molar-refractivity contribution is -0.137. The standard InChI is InChI=1S/C11H9Cl2N3O3S/c12-5-4-6(13)10-11(16-20-15-10)9(5)14-7(17)2-1-3-8(18)19/h4H,1-3H2,(H,14,17)(H,18,19). The third-order valence-corrected chi connectivity index (χ3v) is 3.62. The van der Waals surface area contributed by atoms with Gasteiger partial charge in [0.15, 0.2) is 0 Å². The van der Waals surface area contributed by atoms with Crippen LogP contribution in [0.2, 0.25) is 10.0 Å². The Morgan fingerprint density at radius 3 is 2.60 bits per heavy atom. The molecule has 106 valence electrons. The summed E-state index contributed by atoms with van der Waals surface area (Å²) in [5.74, 6) is -1.27. The fourth-order valence-corrected chi connectivity index (χ4v) is 2.75. The molecule has 1 heterocycles. The van der Waals surface area contributed by atoms with E-state index in [1.165, 1.54) is 6.07 Å². The molecule has 0 fully saturated rings. The maximum absolute atomic E-state index is 11.8. The molecule has 20 heavy (non-hydrogen) atoms. The normalized spacial score (nSPS) is 10.7. The van der Waals surface area contributed by atoms with Gasteiger partial charge in [0.2, 0.25) is 5.91 Å². The Labute approximate surface area is 128 Å². The van der Waals surface area contributed by atoms with Crippen LogP contribution in [0, 0.1) is 0 Å². The Bertz CT molecular complexity index is 674. The summed E-state index contributed by atoms with van der Waals surface area (Å²) in [6, 6.07) is 1.49. The molecule has 1 amide bonds. The van der Waals surface area contributed by atoms with Crippen molar-refractivity contribution in [2.24, 2.45) is 0 Å². The molecule has 0 radical (unpaired) electrons. The van der Waals surface area contributed by atoms with E-state index in [2.05, 4.69) is 14.1 Å². The predicted octanol–water partition coefficient (Wildman–Crippen LogP) is 3.19. The van der Waals surface area contributed by atoms with Crippen molar-refractivity contribution in [1.29, 1.82) is 0 Å². The predicted molar refractivity (Wildman–Crippen MR) is 77.6 cm³/mol. The van der Waals surface area contributed by atoms with E-state index in [1.54, 1.807) is 0 Å². The average Bonchev–Trinajstić information content (AvgIpc) is 2.83. The molecule has 0 atom stereocenters. The van der Waals surface area contributed by atoms with Gasteiger partial charge >= 0.3 is 5.97 Å². The van der Waals surface area contributed by atoms with E-state index < -0.39 is 5.97 Å². The largest absolute Gasteiger partial charge is 0.481 e. The fraction of sp³-hybridized carbons (Fsp3) is 0.273. The minimum Gasteiger partial charge on any atom is -0.481 e. The van der Waals surface area contributed by atoms with Crippen molar-refractivity contribution < 1.29 is 14.7 Å². The quantitative estimate of drug-likeness (QED) is 0.876. The number of benzene rings is 1. The maximum Gasteiger partial charge on any atom is 0.303 e. The molecule has 0 saturated carbocycles. The number of nitrogens with zero attached hydrogens (tertiary/aromatic N) is 2. The number of amides is 1. The number of hydrogen-bond acceptors (Lipinski definition) is 5. The lowest BCUT2D eigenvalue weighted by Gasteiger charge is -2.08. The van der Waals surface area contributed by atoms with Crippen LogP contribution in [-0.2, 0) is 9.59 Å². The topological polar surface area (TPSA) is 92.2 Å². The van der Waals surface area contributed by atoms with Crippen molar-refractivity contribution >= 4 is 63.5 Å². The van der Waals surface area contributed by atoms with Gasteiger partial charge in [-0.3, -0.25) is 9.59 Å². The van der Waals surface area contributed by atoms with Gasteiger partial charge in [0.1, 0.15) is 11.0 Å². The number of rotatable bonds is 5. The molecule has 0 bridgehead atoms. The van der Waals surface area contributed by atoms with Crippen LogP contribution in [0.4, 0.5) is 5.69 Å². The highest BCUT2D eigenvalue weighted by molar-refractivity contribution is 7.00. The van der Waals surface area contributed by atoms with E-state index in [9.17, 15) is 9.59 Å². The van der Waals surface area contributed by atoms with Crippen LogP contribution < -0.4 is 5.32 Å². The summed E-state index contributed by atoms with van der Waals surface area (Å²) in [6.07, 6.45) is 0.282. The summed E-state index contributed by atoms with van der Waals surface area (Å²) >= 11 is 13.0. The van der Waals surface area contributed by atoms with Crippen LogP contribution in [-0.4, -0.2) is 25.7 Å². The average molecular weight is 334 g/mol. The van der Waals surface area contributed by atoms with Gasteiger partial charge in [0, 0.05) is 12.8 Å². The highest BCUT2D eigenvalue weighted by Crippen LogP contribution is 2.35. The van der Waals surface area contributed by atoms with E-state index >= 15 is 0 Å². The molecule has 0 aliphatic rings. The summed E-state index contributed by atoms with van der Waals surface area (Å²) in [5.41, 5.74) is 1.25.